The average molecular weight is 367 g/mol. The third-order valence-corrected chi connectivity index (χ3v) is 5.07. The summed E-state index contributed by atoms with van der Waals surface area (Å²) >= 11 is 0. The molecule has 4 heterocycles. The van der Waals surface area contributed by atoms with Crippen molar-refractivity contribution in [1.29, 1.82) is 0 Å². The van der Waals surface area contributed by atoms with Crippen molar-refractivity contribution < 1.29 is 9.59 Å². The van der Waals surface area contributed by atoms with Crippen molar-refractivity contribution in [2.75, 3.05) is 6.54 Å². The van der Waals surface area contributed by atoms with E-state index in [1.54, 1.807) is 27.1 Å². The van der Waals surface area contributed by atoms with E-state index in [1.165, 1.54) is 6.33 Å². The number of aromatic nitrogens is 5. The molecule has 0 unspecified atom stereocenters. The molecule has 9 nitrogen and oxygen atoms in total. The van der Waals surface area contributed by atoms with Gasteiger partial charge in [0.25, 0.3) is 17.6 Å². The van der Waals surface area contributed by atoms with E-state index in [1.807, 2.05) is 19.9 Å². The van der Waals surface area contributed by atoms with Crippen LogP contribution in [0.4, 0.5) is 0 Å². The van der Waals surface area contributed by atoms with Crippen LogP contribution in [0.2, 0.25) is 0 Å². The van der Waals surface area contributed by atoms with Crippen LogP contribution in [0.1, 0.15) is 57.7 Å². The van der Waals surface area contributed by atoms with Gasteiger partial charge in [-0.2, -0.15) is 10.1 Å². The molecule has 0 fully saturated rings. The molecule has 0 bridgehead atoms. The molecule has 3 aromatic rings. The Morgan fingerprint density at radius 1 is 1.26 bits per heavy atom. The number of amides is 2. The van der Waals surface area contributed by atoms with Gasteiger partial charge in [0.15, 0.2) is 0 Å². The molecule has 9 heteroatoms. The maximum absolute atomic E-state index is 13.1. The molecule has 0 aliphatic carbocycles. The van der Waals surface area contributed by atoms with Crippen LogP contribution in [0.25, 0.3) is 5.78 Å². The number of hydrogen-bond acceptors (Lipinski definition) is 5. The normalized spacial score (nSPS) is 14.0. The summed E-state index contributed by atoms with van der Waals surface area (Å²) in [7, 11) is 1.80. The molecule has 27 heavy (non-hydrogen) atoms. The van der Waals surface area contributed by atoms with Gasteiger partial charge < -0.3 is 15.2 Å². The standard InChI is InChI=1S/C18H21N7O2/c1-10(2)13-7-12(22-18-20-9-21-25(13)18)17(27)24-5-4-11-6-14(16(19)26)23(3)15(11)8-24/h6-7,9-10H,4-5,8H2,1-3H3,(H2,19,26). The summed E-state index contributed by atoms with van der Waals surface area (Å²) in [6, 6.07) is 3.60. The van der Waals surface area contributed by atoms with Crippen LogP contribution in [0, 0.1) is 0 Å². The first-order valence-corrected chi connectivity index (χ1v) is 8.84. The van der Waals surface area contributed by atoms with Crippen molar-refractivity contribution in [3.63, 3.8) is 0 Å². The van der Waals surface area contributed by atoms with Gasteiger partial charge in [0, 0.05) is 19.3 Å². The summed E-state index contributed by atoms with van der Waals surface area (Å²) < 4.78 is 3.43. The van der Waals surface area contributed by atoms with Gasteiger partial charge in [-0.15, -0.1) is 0 Å². The number of primary amides is 1. The summed E-state index contributed by atoms with van der Waals surface area (Å²) in [6.45, 7) is 5.04. The first-order chi connectivity index (χ1) is 12.9. The van der Waals surface area contributed by atoms with E-state index in [0.29, 0.717) is 36.7 Å². The summed E-state index contributed by atoms with van der Waals surface area (Å²) in [6.07, 6.45) is 2.11. The average Bonchev–Trinajstić information content (AvgIpc) is 3.24. The van der Waals surface area contributed by atoms with E-state index >= 15 is 0 Å². The van der Waals surface area contributed by atoms with Gasteiger partial charge in [-0.05, 0) is 30.0 Å². The van der Waals surface area contributed by atoms with E-state index in [-0.39, 0.29) is 11.8 Å². The fourth-order valence-corrected chi connectivity index (χ4v) is 3.57. The number of carbonyl (C=O) groups is 2. The molecule has 1 aliphatic heterocycles. The van der Waals surface area contributed by atoms with Crippen molar-refractivity contribution in [3.05, 3.63) is 46.8 Å². The van der Waals surface area contributed by atoms with E-state index in [9.17, 15) is 9.59 Å². The second-order valence-electron chi connectivity index (χ2n) is 7.09. The highest BCUT2D eigenvalue weighted by molar-refractivity contribution is 5.93. The van der Waals surface area contributed by atoms with Crippen molar-refractivity contribution in [1.82, 2.24) is 29.0 Å². The van der Waals surface area contributed by atoms with Gasteiger partial charge >= 0.3 is 0 Å². The van der Waals surface area contributed by atoms with Gasteiger partial charge in [0.1, 0.15) is 17.7 Å². The summed E-state index contributed by atoms with van der Waals surface area (Å²) in [5.41, 5.74) is 9.11. The smallest absolute Gasteiger partial charge is 0.273 e. The predicted molar refractivity (Wildman–Crippen MR) is 97.2 cm³/mol. The Hall–Kier alpha value is -3.23. The van der Waals surface area contributed by atoms with E-state index in [0.717, 1.165) is 17.0 Å². The first kappa shape index (κ1) is 17.2. The predicted octanol–water partition coefficient (Wildman–Crippen LogP) is 0.884. The maximum atomic E-state index is 13.1. The lowest BCUT2D eigenvalue weighted by Gasteiger charge is -2.28. The summed E-state index contributed by atoms with van der Waals surface area (Å²) in [4.78, 5) is 34.9. The van der Waals surface area contributed by atoms with Crippen LogP contribution in [0.3, 0.4) is 0 Å². The van der Waals surface area contributed by atoms with Crippen molar-refractivity contribution >= 4 is 17.6 Å². The minimum Gasteiger partial charge on any atom is -0.364 e. The Morgan fingerprint density at radius 2 is 2.04 bits per heavy atom. The molecule has 4 rings (SSSR count). The molecule has 0 saturated carbocycles. The van der Waals surface area contributed by atoms with Crippen LogP contribution in [-0.4, -0.2) is 47.4 Å². The number of hydrogen-bond donors (Lipinski definition) is 1. The molecule has 0 aromatic carbocycles. The highest BCUT2D eigenvalue weighted by Crippen LogP contribution is 2.24. The lowest BCUT2D eigenvalue weighted by molar-refractivity contribution is 0.0724. The minimum absolute atomic E-state index is 0.158. The number of fused-ring (bicyclic) bond motifs is 2. The molecule has 0 radical (unpaired) electrons. The quantitative estimate of drug-likeness (QED) is 0.739. The van der Waals surface area contributed by atoms with E-state index in [2.05, 4.69) is 15.1 Å². The van der Waals surface area contributed by atoms with Crippen LogP contribution >= 0.6 is 0 Å². The Bertz CT molecular complexity index is 1060. The molecule has 140 valence electrons. The Morgan fingerprint density at radius 3 is 2.74 bits per heavy atom. The number of rotatable bonds is 3. The highest BCUT2D eigenvalue weighted by atomic mass is 16.2. The fraction of sp³-hybridized carbons (Fsp3) is 0.389. The van der Waals surface area contributed by atoms with E-state index in [4.69, 9.17) is 5.73 Å². The van der Waals surface area contributed by atoms with Crippen LogP contribution in [0.5, 0.6) is 0 Å². The monoisotopic (exact) mass is 367 g/mol. The third kappa shape index (κ3) is 2.75. The SMILES string of the molecule is CC(C)c1cc(C(=O)N2CCc3cc(C(N)=O)n(C)c3C2)nc2ncnn12. The zero-order valence-corrected chi connectivity index (χ0v) is 15.5. The van der Waals surface area contributed by atoms with Crippen LogP contribution in [-0.2, 0) is 20.0 Å². The molecular formula is C18H21N7O2. The number of nitrogens with zero attached hydrogens (tertiary/aromatic N) is 6. The Labute approximate surface area is 155 Å². The zero-order chi connectivity index (χ0) is 19.3. The molecule has 0 spiro atoms. The topological polar surface area (TPSA) is 111 Å². The highest BCUT2D eigenvalue weighted by Gasteiger charge is 2.27. The Kier molecular flexibility index (Phi) is 3.94. The third-order valence-electron chi connectivity index (χ3n) is 5.07. The fourth-order valence-electron chi connectivity index (χ4n) is 3.57. The van der Waals surface area contributed by atoms with Gasteiger partial charge in [-0.25, -0.2) is 9.50 Å². The van der Waals surface area contributed by atoms with Crippen LogP contribution in [0.15, 0.2) is 18.5 Å². The maximum Gasteiger partial charge on any atom is 0.273 e. The molecule has 2 amide bonds. The van der Waals surface area contributed by atoms with Crippen molar-refractivity contribution in [3.8, 4) is 0 Å². The van der Waals surface area contributed by atoms with Gasteiger partial charge in [0.05, 0.1) is 12.2 Å². The Balaban J connectivity index is 1.68. The lowest BCUT2D eigenvalue weighted by Crippen LogP contribution is -2.37. The number of carbonyl (C=O) groups excluding carboxylic acids is 2. The molecule has 0 atom stereocenters. The molecular weight excluding hydrogens is 346 g/mol. The first-order valence-electron chi connectivity index (χ1n) is 8.84. The van der Waals surface area contributed by atoms with Crippen LogP contribution < -0.4 is 5.73 Å². The van der Waals surface area contributed by atoms with Crippen molar-refractivity contribution in [2.24, 2.45) is 12.8 Å². The summed E-state index contributed by atoms with van der Waals surface area (Å²) in [5.74, 6) is -0.0417. The largest absolute Gasteiger partial charge is 0.364 e. The van der Waals surface area contributed by atoms with Gasteiger partial charge in [-0.1, -0.05) is 13.8 Å². The lowest BCUT2D eigenvalue weighted by atomic mass is 10.1. The van der Waals surface area contributed by atoms with Crippen molar-refractivity contribution in [2.45, 2.75) is 32.7 Å². The number of nitrogens with two attached hydrogens (primary N) is 1. The minimum atomic E-state index is -0.467. The molecule has 0 saturated heterocycles. The second-order valence-corrected chi connectivity index (χ2v) is 7.09. The summed E-state index contributed by atoms with van der Waals surface area (Å²) in [5, 5.41) is 4.18. The van der Waals surface area contributed by atoms with Gasteiger partial charge in [0.2, 0.25) is 0 Å². The molecule has 2 N–H and O–H groups in total. The zero-order valence-electron chi connectivity index (χ0n) is 15.5. The second kappa shape index (κ2) is 6.19. The van der Waals surface area contributed by atoms with Gasteiger partial charge in [-0.3, -0.25) is 9.59 Å². The molecule has 3 aromatic heterocycles. The van der Waals surface area contributed by atoms with E-state index < -0.39 is 5.91 Å². The molecule has 1 aliphatic rings.